The summed E-state index contributed by atoms with van der Waals surface area (Å²) in [5, 5.41) is 7.15. The molecule has 1 saturated heterocycles. The molecule has 1 aliphatic rings. The predicted molar refractivity (Wildman–Crippen MR) is 68.3 cm³/mol. The van der Waals surface area contributed by atoms with Crippen molar-refractivity contribution in [1.82, 2.24) is 15.5 Å². The molecule has 1 aromatic carbocycles. The molecule has 0 amide bonds. The molecule has 0 saturated carbocycles. The number of nitrogens with one attached hydrogen (secondary N) is 1. The second kappa shape index (κ2) is 4.94. The molecule has 0 bridgehead atoms. The first-order valence-electron chi connectivity index (χ1n) is 6.54. The van der Waals surface area contributed by atoms with Crippen molar-refractivity contribution < 1.29 is 13.3 Å². The average Bonchev–Trinajstić information content (AvgIpc) is 3.03. The van der Waals surface area contributed by atoms with Gasteiger partial charge in [0.1, 0.15) is 11.6 Å². The quantitative estimate of drug-likeness (QED) is 0.935. The van der Waals surface area contributed by atoms with Gasteiger partial charge in [0, 0.05) is 19.0 Å². The van der Waals surface area contributed by atoms with Crippen molar-refractivity contribution in [3.8, 4) is 0 Å². The van der Waals surface area contributed by atoms with Crippen LogP contribution in [0.5, 0.6) is 0 Å². The van der Waals surface area contributed by atoms with Crippen molar-refractivity contribution in [1.29, 1.82) is 0 Å². The molecule has 1 fully saturated rings. The fourth-order valence-corrected chi connectivity index (χ4v) is 2.41. The van der Waals surface area contributed by atoms with Gasteiger partial charge in [-0.15, -0.1) is 0 Å². The highest BCUT2D eigenvalue weighted by molar-refractivity contribution is 5.22. The van der Waals surface area contributed by atoms with Crippen LogP contribution in [0, 0.1) is 11.6 Å². The second-order valence-electron chi connectivity index (χ2n) is 5.42. The van der Waals surface area contributed by atoms with Crippen LogP contribution in [-0.4, -0.2) is 23.2 Å². The lowest BCUT2D eigenvalue weighted by molar-refractivity contribution is 0.304. The van der Waals surface area contributed by atoms with Crippen LogP contribution in [-0.2, 0) is 11.8 Å². The van der Waals surface area contributed by atoms with Crippen molar-refractivity contribution in [2.45, 2.75) is 25.2 Å². The van der Waals surface area contributed by atoms with Gasteiger partial charge in [0.05, 0.1) is 5.41 Å². The van der Waals surface area contributed by atoms with E-state index in [9.17, 15) is 8.78 Å². The Hall–Kier alpha value is -1.82. The average molecular weight is 279 g/mol. The third-order valence-corrected chi connectivity index (χ3v) is 3.72. The Morgan fingerprint density at radius 2 is 2.25 bits per heavy atom. The molecule has 20 heavy (non-hydrogen) atoms. The number of aromatic nitrogens is 2. The Morgan fingerprint density at radius 3 is 2.95 bits per heavy atom. The standard InChI is InChI=1S/C14H15F2N3O/c1-14(4-5-17-8-14)13-18-12(19-20-13)6-9-2-3-10(15)7-11(9)16/h2-3,7,17H,4-6,8H2,1H3. The second-order valence-corrected chi connectivity index (χ2v) is 5.42. The Balaban J connectivity index is 1.80. The zero-order valence-corrected chi connectivity index (χ0v) is 11.1. The summed E-state index contributed by atoms with van der Waals surface area (Å²) in [4.78, 5) is 4.34. The molecule has 1 atom stereocenters. The lowest BCUT2D eigenvalue weighted by Gasteiger charge is -2.15. The topological polar surface area (TPSA) is 51.0 Å². The summed E-state index contributed by atoms with van der Waals surface area (Å²) in [5.74, 6) is -0.201. The third-order valence-electron chi connectivity index (χ3n) is 3.72. The highest BCUT2D eigenvalue weighted by Crippen LogP contribution is 2.28. The van der Waals surface area contributed by atoms with Crippen LogP contribution in [0.1, 0.15) is 30.6 Å². The summed E-state index contributed by atoms with van der Waals surface area (Å²) in [5.41, 5.74) is 0.195. The van der Waals surface area contributed by atoms with Crippen molar-refractivity contribution >= 4 is 0 Å². The maximum Gasteiger partial charge on any atom is 0.233 e. The predicted octanol–water partition coefficient (Wildman–Crippen LogP) is 2.19. The number of hydrogen-bond donors (Lipinski definition) is 1. The van der Waals surface area contributed by atoms with E-state index in [1.807, 2.05) is 0 Å². The van der Waals surface area contributed by atoms with Crippen molar-refractivity contribution in [3.63, 3.8) is 0 Å². The van der Waals surface area contributed by atoms with Gasteiger partial charge in [-0.3, -0.25) is 0 Å². The summed E-state index contributed by atoms with van der Waals surface area (Å²) >= 11 is 0. The molecule has 2 aromatic rings. The van der Waals surface area contributed by atoms with Gasteiger partial charge < -0.3 is 9.84 Å². The van der Waals surface area contributed by atoms with E-state index in [1.165, 1.54) is 12.1 Å². The zero-order valence-electron chi connectivity index (χ0n) is 11.1. The number of halogens is 2. The highest BCUT2D eigenvalue weighted by Gasteiger charge is 2.36. The van der Waals surface area contributed by atoms with E-state index in [2.05, 4.69) is 22.4 Å². The lowest BCUT2D eigenvalue weighted by atomic mass is 9.90. The Labute approximate surface area is 115 Å². The smallest absolute Gasteiger partial charge is 0.233 e. The van der Waals surface area contributed by atoms with Gasteiger partial charge in [-0.25, -0.2) is 8.78 Å². The molecule has 1 unspecified atom stereocenters. The van der Waals surface area contributed by atoms with Crippen LogP contribution in [0.3, 0.4) is 0 Å². The van der Waals surface area contributed by atoms with Crippen LogP contribution < -0.4 is 5.32 Å². The van der Waals surface area contributed by atoms with Crippen LogP contribution >= 0.6 is 0 Å². The van der Waals surface area contributed by atoms with E-state index < -0.39 is 11.6 Å². The van der Waals surface area contributed by atoms with E-state index in [1.54, 1.807) is 0 Å². The summed E-state index contributed by atoms with van der Waals surface area (Å²) in [6, 6.07) is 3.49. The number of rotatable bonds is 3. The minimum atomic E-state index is -0.593. The maximum absolute atomic E-state index is 13.6. The zero-order chi connectivity index (χ0) is 14.2. The van der Waals surface area contributed by atoms with Gasteiger partial charge in [-0.2, -0.15) is 4.98 Å². The number of nitrogens with zero attached hydrogens (tertiary/aromatic N) is 2. The molecule has 0 spiro atoms. The molecular formula is C14H15F2N3O. The van der Waals surface area contributed by atoms with Crippen LogP contribution in [0.25, 0.3) is 0 Å². The molecule has 106 valence electrons. The monoisotopic (exact) mass is 279 g/mol. The highest BCUT2D eigenvalue weighted by atomic mass is 19.1. The van der Waals surface area contributed by atoms with Gasteiger partial charge in [-0.1, -0.05) is 11.2 Å². The van der Waals surface area contributed by atoms with Gasteiger partial charge in [0.25, 0.3) is 0 Å². The van der Waals surface area contributed by atoms with Crippen LogP contribution in [0.4, 0.5) is 8.78 Å². The maximum atomic E-state index is 13.6. The van der Waals surface area contributed by atoms with E-state index in [4.69, 9.17) is 4.52 Å². The van der Waals surface area contributed by atoms with E-state index >= 15 is 0 Å². The molecule has 0 radical (unpaired) electrons. The molecule has 0 aliphatic carbocycles. The lowest BCUT2D eigenvalue weighted by Crippen LogP contribution is -2.25. The molecule has 3 rings (SSSR count). The van der Waals surface area contributed by atoms with Crippen LogP contribution in [0.2, 0.25) is 0 Å². The minimum absolute atomic E-state index is 0.160. The van der Waals surface area contributed by atoms with Crippen molar-refractivity contribution in [2.75, 3.05) is 13.1 Å². The van der Waals surface area contributed by atoms with E-state index in [0.29, 0.717) is 17.3 Å². The fourth-order valence-electron chi connectivity index (χ4n) is 2.41. The minimum Gasteiger partial charge on any atom is -0.339 e. The SMILES string of the molecule is CC1(c2nc(Cc3ccc(F)cc3F)no2)CCNC1. The van der Waals surface area contributed by atoms with Gasteiger partial charge in [0.2, 0.25) is 5.89 Å². The number of benzene rings is 1. The Morgan fingerprint density at radius 1 is 1.40 bits per heavy atom. The van der Waals surface area contributed by atoms with Gasteiger partial charge >= 0.3 is 0 Å². The van der Waals surface area contributed by atoms with Crippen molar-refractivity contribution in [3.05, 3.63) is 47.1 Å². The molecule has 1 aliphatic heterocycles. The summed E-state index contributed by atoms with van der Waals surface area (Å²) in [7, 11) is 0. The first-order chi connectivity index (χ1) is 9.57. The van der Waals surface area contributed by atoms with Crippen LogP contribution in [0.15, 0.2) is 22.7 Å². The first kappa shape index (κ1) is 13.2. The molecular weight excluding hydrogens is 264 g/mol. The normalized spacial score (nSPS) is 22.4. The van der Waals surface area contributed by atoms with Gasteiger partial charge in [0.15, 0.2) is 5.82 Å². The van der Waals surface area contributed by atoms with Crippen molar-refractivity contribution in [2.24, 2.45) is 0 Å². The Bertz CT molecular complexity index is 621. The largest absolute Gasteiger partial charge is 0.339 e. The van der Waals surface area contributed by atoms with Gasteiger partial charge in [-0.05, 0) is 31.5 Å². The summed E-state index contributed by atoms with van der Waals surface area (Å²) in [6.45, 7) is 3.77. The summed E-state index contributed by atoms with van der Waals surface area (Å²) in [6.07, 6.45) is 1.12. The van der Waals surface area contributed by atoms with E-state index in [0.717, 1.165) is 25.6 Å². The molecule has 4 nitrogen and oxygen atoms in total. The third kappa shape index (κ3) is 2.43. The fraction of sp³-hybridized carbons (Fsp3) is 0.429. The Kier molecular flexibility index (Phi) is 3.25. The molecule has 2 heterocycles. The first-order valence-corrected chi connectivity index (χ1v) is 6.54. The summed E-state index contributed by atoms with van der Waals surface area (Å²) < 4.78 is 31.7. The molecule has 6 heteroatoms. The molecule has 1 aromatic heterocycles. The van der Waals surface area contributed by atoms with E-state index in [-0.39, 0.29) is 11.8 Å². The number of hydrogen-bond acceptors (Lipinski definition) is 4. The molecule has 1 N–H and O–H groups in total.